The fourth-order valence-corrected chi connectivity index (χ4v) is 1.12. The molecule has 0 spiro atoms. The van der Waals surface area contributed by atoms with Crippen molar-refractivity contribution >= 4 is 17.3 Å². The maximum Gasteiger partial charge on any atom is 0.269 e. The Kier molecular flexibility index (Phi) is 3.99. The molecule has 1 N–H and O–H groups in total. The van der Waals surface area contributed by atoms with E-state index in [1.54, 1.807) is 0 Å². The summed E-state index contributed by atoms with van der Waals surface area (Å²) in [5.41, 5.74) is 0.595. The van der Waals surface area contributed by atoms with E-state index in [0.29, 0.717) is 5.69 Å². The van der Waals surface area contributed by atoms with E-state index >= 15 is 0 Å². The number of anilines is 1. The van der Waals surface area contributed by atoms with E-state index in [0.717, 1.165) is 6.42 Å². The highest BCUT2D eigenvalue weighted by molar-refractivity contribution is 5.92. The minimum atomic E-state index is -0.472. The Hall–Kier alpha value is -1.91. The van der Waals surface area contributed by atoms with E-state index in [2.05, 4.69) is 5.32 Å². The number of nitro benzene ring substituents is 1. The molecule has 5 nitrogen and oxygen atoms in total. The van der Waals surface area contributed by atoms with Gasteiger partial charge in [-0.2, -0.15) is 0 Å². The third-order valence-corrected chi connectivity index (χ3v) is 2.41. The van der Waals surface area contributed by atoms with Crippen LogP contribution in [-0.4, -0.2) is 10.8 Å². The molecular formula is C11H14N2O3. The van der Waals surface area contributed by atoms with Gasteiger partial charge in [-0.15, -0.1) is 0 Å². The summed E-state index contributed by atoms with van der Waals surface area (Å²) in [4.78, 5) is 21.5. The molecule has 1 aromatic rings. The van der Waals surface area contributed by atoms with Crippen LogP contribution in [0.25, 0.3) is 0 Å². The highest BCUT2D eigenvalue weighted by atomic mass is 16.6. The maximum absolute atomic E-state index is 11.5. The molecular weight excluding hydrogens is 208 g/mol. The summed E-state index contributed by atoms with van der Waals surface area (Å²) >= 11 is 0. The zero-order valence-electron chi connectivity index (χ0n) is 9.27. The lowest BCUT2D eigenvalue weighted by molar-refractivity contribution is -0.384. The first-order chi connectivity index (χ1) is 7.54. The number of hydrogen-bond acceptors (Lipinski definition) is 3. The summed E-state index contributed by atoms with van der Waals surface area (Å²) in [6.45, 7) is 3.76. The van der Waals surface area contributed by atoms with Gasteiger partial charge in [-0.3, -0.25) is 14.9 Å². The smallest absolute Gasteiger partial charge is 0.269 e. The number of rotatable bonds is 4. The van der Waals surface area contributed by atoms with Gasteiger partial charge in [0, 0.05) is 23.7 Å². The predicted molar refractivity (Wildman–Crippen MR) is 61.2 cm³/mol. The van der Waals surface area contributed by atoms with Crippen molar-refractivity contribution in [2.75, 3.05) is 5.32 Å². The molecule has 1 atom stereocenters. The highest BCUT2D eigenvalue weighted by Gasteiger charge is 2.11. The van der Waals surface area contributed by atoms with Gasteiger partial charge < -0.3 is 5.32 Å². The van der Waals surface area contributed by atoms with Crippen LogP contribution in [-0.2, 0) is 4.79 Å². The van der Waals surface area contributed by atoms with Gasteiger partial charge >= 0.3 is 0 Å². The van der Waals surface area contributed by atoms with Gasteiger partial charge in [0.15, 0.2) is 0 Å². The van der Waals surface area contributed by atoms with E-state index in [1.165, 1.54) is 24.3 Å². The van der Waals surface area contributed by atoms with E-state index < -0.39 is 4.92 Å². The zero-order valence-corrected chi connectivity index (χ0v) is 9.27. The van der Waals surface area contributed by atoms with Crippen molar-refractivity contribution in [3.63, 3.8) is 0 Å². The monoisotopic (exact) mass is 222 g/mol. The summed E-state index contributed by atoms with van der Waals surface area (Å²) in [6.07, 6.45) is 0.763. The maximum atomic E-state index is 11.5. The molecule has 0 fully saturated rings. The summed E-state index contributed by atoms with van der Waals surface area (Å²) in [5.74, 6) is -0.133. The molecule has 0 aromatic heterocycles. The molecule has 0 aliphatic rings. The summed E-state index contributed by atoms with van der Waals surface area (Å²) in [7, 11) is 0. The molecule has 0 bridgehead atoms. The van der Waals surface area contributed by atoms with E-state index in [9.17, 15) is 14.9 Å². The van der Waals surface area contributed by atoms with Gasteiger partial charge in [-0.25, -0.2) is 0 Å². The van der Waals surface area contributed by atoms with Crippen molar-refractivity contribution in [3.05, 3.63) is 34.4 Å². The Bertz CT molecular complexity index is 387. The van der Waals surface area contributed by atoms with Gasteiger partial charge in [-0.05, 0) is 18.6 Å². The standard InChI is InChI=1S/C11H14N2O3/c1-3-8(2)11(14)12-9-4-6-10(7-5-9)13(15)16/h4-8H,3H2,1-2H3,(H,12,14). The largest absolute Gasteiger partial charge is 0.326 e. The number of non-ortho nitro benzene ring substituents is 1. The van der Waals surface area contributed by atoms with Crippen LogP contribution in [0, 0.1) is 16.0 Å². The van der Waals surface area contributed by atoms with Crippen LogP contribution < -0.4 is 5.32 Å². The summed E-state index contributed by atoms with van der Waals surface area (Å²) in [6, 6.07) is 5.79. The lowest BCUT2D eigenvalue weighted by Crippen LogP contribution is -2.19. The third kappa shape index (κ3) is 3.05. The first-order valence-electron chi connectivity index (χ1n) is 5.10. The fraction of sp³-hybridized carbons (Fsp3) is 0.364. The quantitative estimate of drug-likeness (QED) is 0.628. The molecule has 0 saturated heterocycles. The zero-order chi connectivity index (χ0) is 12.1. The second kappa shape index (κ2) is 5.25. The molecule has 0 aliphatic heterocycles. The number of amides is 1. The molecule has 5 heteroatoms. The average molecular weight is 222 g/mol. The average Bonchev–Trinajstić information content (AvgIpc) is 2.28. The topological polar surface area (TPSA) is 72.2 Å². The number of carbonyl (C=O) groups excluding carboxylic acids is 1. The van der Waals surface area contributed by atoms with E-state index in [1.807, 2.05) is 13.8 Å². The summed E-state index contributed by atoms with van der Waals surface area (Å²) < 4.78 is 0. The Balaban J connectivity index is 2.69. The normalized spacial score (nSPS) is 11.9. The molecule has 1 unspecified atom stereocenters. The van der Waals surface area contributed by atoms with Crippen LogP contribution in [0.3, 0.4) is 0 Å². The van der Waals surface area contributed by atoms with Crippen molar-refractivity contribution in [2.45, 2.75) is 20.3 Å². The van der Waals surface area contributed by atoms with Crippen LogP contribution >= 0.6 is 0 Å². The van der Waals surface area contributed by atoms with Gasteiger partial charge in [-0.1, -0.05) is 13.8 Å². The van der Waals surface area contributed by atoms with Crippen LogP contribution in [0.5, 0.6) is 0 Å². The SMILES string of the molecule is CCC(C)C(=O)Nc1ccc([N+](=O)[O-])cc1. The van der Waals surface area contributed by atoms with E-state index in [4.69, 9.17) is 0 Å². The highest BCUT2D eigenvalue weighted by Crippen LogP contribution is 2.16. The van der Waals surface area contributed by atoms with Gasteiger partial charge in [0.25, 0.3) is 5.69 Å². The van der Waals surface area contributed by atoms with Crippen molar-refractivity contribution in [1.82, 2.24) is 0 Å². The Morgan fingerprint density at radius 1 is 1.44 bits per heavy atom. The van der Waals surface area contributed by atoms with Gasteiger partial charge in [0.1, 0.15) is 0 Å². The molecule has 0 saturated carbocycles. The molecule has 0 aliphatic carbocycles. The van der Waals surface area contributed by atoms with Gasteiger partial charge in [0.2, 0.25) is 5.91 Å². The second-order valence-corrected chi connectivity index (χ2v) is 3.60. The number of nitro groups is 1. The first-order valence-corrected chi connectivity index (χ1v) is 5.10. The Labute approximate surface area is 93.6 Å². The molecule has 86 valence electrons. The van der Waals surface area contributed by atoms with Crippen LogP contribution in [0.2, 0.25) is 0 Å². The van der Waals surface area contributed by atoms with Crippen LogP contribution in [0.15, 0.2) is 24.3 Å². The first kappa shape index (κ1) is 12.2. The predicted octanol–water partition coefficient (Wildman–Crippen LogP) is 2.58. The number of nitrogens with one attached hydrogen (secondary N) is 1. The number of nitrogens with zero attached hydrogens (tertiary/aromatic N) is 1. The fourth-order valence-electron chi connectivity index (χ4n) is 1.12. The molecule has 1 amide bonds. The number of benzene rings is 1. The molecule has 1 rings (SSSR count). The minimum absolute atomic E-state index is 0.0153. The molecule has 0 radical (unpaired) electrons. The van der Waals surface area contributed by atoms with Crippen molar-refractivity contribution in [2.24, 2.45) is 5.92 Å². The lowest BCUT2D eigenvalue weighted by Gasteiger charge is -2.09. The van der Waals surface area contributed by atoms with Crippen LogP contribution in [0.4, 0.5) is 11.4 Å². The third-order valence-electron chi connectivity index (χ3n) is 2.41. The Morgan fingerprint density at radius 3 is 2.44 bits per heavy atom. The lowest BCUT2D eigenvalue weighted by atomic mass is 10.1. The Morgan fingerprint density at radius 2 is 2.00 bits per heavy atom. The van der Waals surface area contributed by atoms with Gasteiger partial charge in [0.05, 0.1) is 4.92 Å². The van der Waals surface area contributed by atoms with Crippen molar-refractivity contribution < 1.29 is 9.72 Å². The molecule has 16 heavy (non-hydrogen) atoms. The minimum Gasteiger partial charge on any atom is -0.326 e. The van der Waals surface area contributed by atoms with Crippen molar-refractivity contribution in [1.29, 1.82) is 0 Å². The summed E-state index contributed by atoms with van der Waals surface area (Å²) in [5, 5.41) is 13.1. The van der Waals surface area contributed by atoms with Crippen molar-refractivity contribution in [3.8, 4) is 0 Å². The van der Waals surface area contributed by atoms with Crippen LogP contribution in [0.1, 0.15) is 20.3 Å². The second-order valence-electron chi connectivity index (χ2n) is 3.60. The molecule has 1 aromatic carbocycles. The van der Waals surface area contributed by atoms with E-state index in [-0.39, 0.29) is 17.5 Å². The number of hydrogen-bond donors (Lipinski definition) is 1. The molecule has 0 heterocycles. The number of carbonyl (C=O) groups is 1.